The molecule has 0 aromatic rings. The first-order valence-corrected chi connectivity index (χ1v) is 9.49. The van der Waals surface area contributed by atoms with Gasteiger partial charge in [-0.1, -0.05) is 6.92 Å². The van der Waals surface area contributed by atoms with Gasteiger partial charge < -0.3 is 24.8 Å². The number of aliphatic imine (C=N–C) groups is 1. The van der Waals surface area contributed by atoms with Gasteiger partial charge in [-0.25, -0.2) is 0 Å². The fourth-order valence-corrected chi connectivity index (χ4v) is 3.76. The first-order valence-electron chi connectivity index (χ1n) is 9.49. The molecule has 2 fully saturated rings. The molecule has 1 N–H and O–H groups in total. The molecule has 144 valence electrons. The fourth-order valence-electron chi connectivity index (χ4n) is 3.76. The van der Waals surface area contributed by atoms with Crippen molar-refractivity contribution in [1.82, 2.24) is 20.0 Å². The van der Waals surface area contributed by atoms with Gasteiger partial charge in [-0.15, -0.1) is 0 Å². The van der Waals surface area contributed by atoms with Crippen LogP contribution in [-0.4, -0.2) is 100 Å². The van der Waals surface area contributed by atoms with Crippen LogP contribution in [0.2, 0.25) is 0 Å². The predicted octanol–water partition coefficient (Wildman–Crippen LogP) is 0.330. The standard InChI is InChI=1S/C18H35N5O2/c1-15-13-23(14-16(15)17(24)25-4)18(19-2)20-7-5-9-22-10-6-8-21(3)11-12-22/h15-16H,5-14H2,1-4H3,(H,19,20). The molecule has 25 heavy (non-hydrogen) atoms. The molecule has 2 aliphatic heterocycles. The van der Waals surface area contributed by atoms with Crippen LogP contribution in [0.15, 0.2) is 4.99 Å². The molecule has 0 amide bonds. The molecule has 2 atom stereocenters. The Morgan fingerprint density at radius 1 is 1.24 bits per heavy atom. The minimum atomic E-state index is -0.114. The van der Waals surface area contributed by atoms with Crippen LogP contribution in [-0.2, 0) is 9.53 Å². The van der Waals surface area contributed by atoms with Gasteiger partial charge in [0.2, 0.25) is 0 Å². The summed E-state index contributed by atoms with van der Waals surface area (Å²) >= 11 is 0. The number of methoxy groups -OCH3 is 1. The molecule has 0 spiro atoms. The number of ether oxygens (including phenoxy) is 1. The van der Waals surface area contributed by atoms with E-state index in [0.29, 0.717) is 12.5 Å². The van der Waals surface area contributed by atoms with Crippen molar-refractivity contribution >= 4 is 11.9 Å². The summed E-state index contributed by atoms with van der Waals surface area (Å²) in [7, 11) is 5.47. The van der Waals surface area contributed by atoms with E-state index in [1.54, 1.807) is 0 Å². The highest BCUT2D eigenvalue weighted by Crippen LogP contribution is 2.24. The third-order valence-electron chi connectivity index (χ3n) is 5.37. The number of hydrogen-bond donors (Lipinski definition) is 1. The van der Waals surface area contributed by atoms with Crippen LogP contribution in [0.1, 0.15) is 19.8 Å². The van der Waals surface area contributed by atoms with E-state index in [-0.39, 0.29) is 11.9 Å². The Morgan fingerprint density at radius 3 is 2.76 bits per heavy atom. The van der Waals surface area contributed by atoms with E-state index in [9.17, 15) is 4.79 Å². The van der Waals surface area contributed by atoms with Gasteiger partial charge in [0.05, 0.1) is 13.0 Å². The van der Waals surface area contributed by atoms with Crippen LogP contribution in [0.4, 0.5) is 0 Å². The second kappa shape index (κ2) is 9.97. The minimum absolute atomic E-state index is 0.0577. The largest absolute Gasteiger partial charge is 0.469 e. The Balaban J connectivity index is 1.71. The van der Waals surface area contributed by atoms with Crippen LogP contribution < -0.4 is 5.32 Å². The lowest BCUT2D eigenvalue weighted by atomic mass is 9.99. The lowest BCUT2D eigenvalue weighted by Gasteiger charge is -2.23. The number of carbonyl (C=O) groups is 1. The number of esters is 1. The molecule has 7 nitrogen and oxygen atoms in total. The predicted molar refractivity (Wildman–Crippen MR) is 101 cm³/mol. The summed E-state index contributed by atoms with van der Waals surface area (Å²) in [5.41, 5.74) is 0. The van der Waals surface area contributed by atoms with Gasteiger partial charge in [-0.2, -0.15) is 0 Å². The second-order valence-corrected chi connectivity index (χ2v) is 7.34. The van der Waals surface area contributed by atoms with Crippen LogP contribution in [0.5, 0.6) is 0 Å². The summed E-state index contributed by atoms with van der Waals surface area (Å²) in [6, 6.07) is 0. The van der Waals surface area contributed by atoms with E-state index >= 15 is 0 Å². The fraction of sp³-hybridized carbons (Fsp3) is 0.889. The molecule has 2 rings (SSSR count). The van der Waals surface area contributed by atoms with Crippen molar-refractivity contribution in [1.29, 1.82) is 0 Å². The smallest absolute Gasteiger partial charge is 0.310 e. The van der Waals surface area contributed by atoms with Gasteiger partial charge in [0.15, 0.2) is 5.96 Å². The highest BCUT2D eigenvalue weighted by atomic mass is 16.5. The summed E-state index contributed by atoms with van der Waals surface area (Å²) in [6.45, 7) is 10.4. The highest BCUT2D eigenvalue weighted by Gasteiger charge is 2.36. The van der Waals surface area contributed by atoms with Crippen molar-refractivity contribution in [3.05, 3.63) is 0 Å². The van der Waals surface area contributed by atoms with Crippen LogP contribution in [0, 0.1) is 11.8 Å². The molecular formula is C18H35N5O2. The molecule has 7 heteroatoms. The summed E-state index contributed by atoms with van der Waals surface area (Å²) < 4.78 is 4.91. The summed E-state index contributed by atoms with van der Waals surface area (Å²) in [5, 5.41) is 3.46. The number of rotatable bonds is 5. The number of hydrogen-bond acceptors (Lipinski definition) is 5. The van der Waals surface area contributed by atoms with Crippen molar-refractivity contribution in [2.45, 2.75) is 19.8 Å². The molecule has 2 aliphatic rings. The van der Waals surface area contributed by atoms with Gasteiger partial charge in [-0.3, -0.25) is 9.79 Å². The maximum Gasteiger partial charge on any atom is 0.310 e. The zero-order chi connectivity index (χ0) is 18.2. The Bertz CT molecular complexity index is 457. The SMILES string of the molecule is CN=C(NCCCN1CCCN(C)CC1)N1CC(C)C(C(=O)OC)C1. The van der Waals surface area contributed by atoms with Crippen molar-refractivity contribution in [2.75, 3.05) is 73.6 Å². The van der Waals surface area contributed by atoms with Gasteiger partial charge in [0.1, 0.15) is 0 Å². The molecule has 0 aromatic heterocycles. The van der Waals surface area contributed by atoms with E-state index < -0.39 is 0 Å². The van der Waals surface area contributed by atoms with E-state index in [1.165, 1.54) is 26.6 Å². The molecule has 2 saturated heterocycles. The van der Waals surface area contributed by atoms with Crippen LogP contribution >= 0.6 is 0 Å². The first-order chi connectivity index (χ1) is 12.0. The quantitative estimate of drug-likeness (QED) is 0.333. The average molecular weight is 354 g/mol. The van der Waals surface area contributed by atoms with E-state index in [0.717, 1.165) is 45.1 Å². The molecule has 0 aliphatic carbocycles. The zero-order valence-electron chi connectivity index (χ0n) is 16.3. The molecule has 0 radical (unpaired) electrons. The Kier molecular flexibility index (Phi) is 7.96. The Labute approximate surface area is 152 Å². The average Bonchev–Trinajstić information content (AvgIpc) is 2.87. The molecule has 0 bridgehead atoms. The Morgan fingerprint density at radius 2 is 2.04 bits per heavy atom. The number of nitrogens with one attached hydrogen (secondary N) is 1. The maximum atomic E-state index is 11.8. The van der Waals surface area contributed by atoms with Gasteiger partial charge >= 0.3 is 5.97 Å². The highest BCUT2D eigenvalue weighted by molar-refractivity contribution is 5.82. The number of likely N-dealkylation sites (tertiary alicyclic amines) is 1. The summed E-state index contributed by atoms with van der Waals surface area (Å²) in [6.07, 6.45) is 2.36. The number of likely N-dealkylation sites (N-methyl/N-ethyl adjacent to an activating group) is 1. The lowest BCUT2D eigenvalue weighted by Crippen LogP contribution is -2.41. The van der Waals surface area contributed by atoms with Crippen molar-refractivity contribution in [3.63, 3.8) is 0 Å². The normalized spacial score (nSPS) is 26.6. The Hall–Kier alpha value is -1.34. The number of carbonyl (C=O) groups excluding carboxylic acids is 1. The van der Waals surface area contributed by atoms with Crippen LogP contribution in [0.25, 0.3) is 0 Å². The number of guanidine groups is 1. The summed E-state index contributed by atoms with van der Waals surface area (Å²) in [4.78, 5) is 23.4. The zero-order valence-corrected chi connectivity index (χ0v) is 16.3. The van der Waals surface area contributed by atoms with Gasteiger partial charge in [-0.05, 0) is 45.4 Å². The molecular weight excluding hydrogens is 318 g/mol. The third kappa shape index (κ3) is 5.85. The third-order valence-corrected chi connectivity index (χ3v) is 5.37. The van der Waals surface area contributed by atoms with Gasteiger partial charge in [0.25, 0.3) is 0 Å². The van der Waals surface area contributed by atoms with E-state index in [1.807, 2.05) is 7.05 Å². The molecule has 0 saturated carbocycles. The van der Waals surface area contributed by atoms with E-state index in [2.05, 4.69) is 39.0 Å². The summed E-state index contributed by atoms with van der Waals surface area (Å²) in [5.74, 6) is 1.02. The second-order valence-electron chi connectivity index (χ2n) is 7.34. The molecule has 2 unspecified atom stereocenters. The minimum Gasteiger partial charge on any atom is -0.469 e. The van der Waals surface area contributed by atoms with Crippen LogP contribution in [0.3, 0.4) is 0 Å². The van der Waals surface area contributed by atoms with E-state index in [4.69, 9.17) is 4.74 Å². The maximum absolute atomic E-state index is 11.8. The topological polar surface area (TPSA) is 60.4 Å². The van der Waals surface area contributed by atoms with Gasteiger partial charge in [0, 0.05) is 39.8 Å². The first kappa shape index (κ1) is 20.0. The molecule has 2 heterocycles. The van der Waals surface area contributed by atoms with Crippen molar-refractivity contribution in [2.24, 2.45) is 16.8 Å². The molecule has 0 aromatic carbocycles. The lowest BCUT2D eigenvalue weighted by molar-refractivity contribution is -0.145. The van der Waals surface area contributed by atoms with Crippen molar-refractivity contribution in [3.8, 4) is 0 Å². The number of nitrogens with zero attached hydrogens (tertiary/aromatic N) is 4. The van der Waals surface area contributed by atoms with Crippen molar-refractivity contribution < 1.29 is 9.53 Å². The monoisotopic (exact) mass is 353 g/mol.